The number of carbonyl (C=O) groups excluding carboxylic acids is 1. The maximum atomic E-state index is 11.5. The molecule has 0 saturated heterocycles. The van der Waals surface area contributed by atoms with Gasteiger partial charge in [-0.2, -0.15) is 0 Å². The SMILES string of the molecule is CC(C)(C)OC(=O)N[C@@H](CO)CC1CCC1. The first-order chi connectivity index (χ1) is 7.40. The third-order valence-electron chi connectivity index (χ3n) is 2.78. The average molecular weight is 229 g/mol. The Morgan fingerprint density at radius 2 is 2.12 bits per heavy atom. The van der Waals surface area contributed by atoms with E-state index in [1.54, 1.807) is 0 Å². The molecule has 1 atom stereocenters. The van der Waals surface area contributed by atoms with Gasteiger partial charge >= 0.3 is 6.09 Å². The second-order valence-electron chi connectivity index (χ2n) is 5.56. The summed E-state index contributed by atoms with van der Waals surface area (Å²) in [5.41, 5.74) is -0.486. The van der Waals surface area contributed by atoms with Crippen LogP contribution in [0.2, 0.25) is 0 Å². The summed E-state index contributed by atoms with van der Waals surface area (Å²) >= 11 is 0. The zero-order valence-corrected chi connectivity index (χ0v) is 10.5. The smallest absolute Gasteiger partial charge is 0.407 e. The average Bonchev–Trinajstić information content (AvgIpc) is 2.05. The second kappa shape index (κ2) is 5.53. The standard InChI is InChI=1S/C12H23NO3/c1-12(2,3)16-11(15)13-10(8-14)7-9-5-4-6-9/h9-10,14H,4-8H2,1-3H3,(H,13,15)/t10-/m1/s1. The Labute approximate surface area is 97.4 Å². The molecule has 0 radical (unpaired) electrons. The van der Waals surface area contributed by atoms with E-state index in [0.29, 0.717) is 5.92 Å². The zero-order valence-electron chi connectivity index (χ0n) is 10.5. The minimum Gasteiger partial charge on any atom is -0.444 e. The molecular formula is C12H23NO3. The van der Waals surface area contributed by atoms with Crippen LogP contribution in [0.3, 0.4) is 0 Å². The molecular weight excluding hydrogens is 206 g/mol. The van der Waals surface area contributed by atoms with Crippen LogP contribution in [0.4, 0.5) is 4.79 Å². The topological polar surface area (TPSA) is 58.6 Å². The predicted octanol–water partition coefficient (Wildman–Crippen LogP) is 2.06. The van der Waals surface area contributed by atoms with Gasteiger partial charge in [0, 0.05) is 0 Å². The molecule has 0 bridgehead atoms. The lowest BCUT2D eigenvalue weighted by atomic mass is 9.81. The van der Waals surface area contributed by atoms with E-state index >= 15 is 0 Å². The number of carbonyl (C=O) groups is 1. The van der Waals surface area contributed by atoms with Crippen LogP contribution in [0.5, 0.6) is 0 Å². The molecule has 1 aliphatic carbocycles. The van der Waals surface area contributed by atoms with E-state index in [1.165, 1.54) is 19.3 Å². The molecule has 1 fully saturated rings. The molecule has 1 saturated carbocycles. The molecule has 4 nitrogen and oxygen atoms in total. The summed E-state index contributed by atoms with van der Waals surface area (Å²) in [5, 5.41) is 11.9. The Balaban J connectivity index is 2.28. The van der Waals surface area contributed by atoms with Gasteiger partial charge in [-0.25, -0.2) is 4.79 Å². The van der Waals surface area contributed by atoms with Crippen molar-refractivity contribution in [3.8, 4) is 0 Å². The molecule has 2 N–H and O–H groups in total. The Morgan fingerprint density at radius 3 is 2.50 bits per heavy atom. The molecule has 4 heteroatoms. The van der Waals surface area contributed by atoms with Crippen LogP contribution in [-0.2, 0) is 4.74 Å². The molecule has 0 unspecified atom stereocenters. The Kier molecular flexibility index (Phi) is 4.59. The fraction of sp³-hybridized carbons (Fsp3) is 0.917. The van der Waals surface area contributed by atoms with Gasteiger partial charge in [0.05, 0.1) is 12.6 Å². The molecule has 1 amide bonds. The Morgan fingerprint density at radius 1 is 1.50 bits per heavy atom. The van der Waals surface area contributed by atoms with Crippen molar-refractivity contribution >= 4 is 6.09 Å². The molecule has 1 aliphatic rings. The highest BCUT2D eigenvalue weighted by Gasteiger charge is 2.24. The van der Waals surface area contributed by atoms with Gasteiger partial charge in [-0.3, -0.25) is 0 Å². The minimum atomic E-state index is -0.486. The number of nitrogens with one attached hydrogen (secondary N) is 1. The normalized spacial score (nSPS) is 18.8. The summed E-state index contributed by atoms with van der Waals surface area (Å²) in [6.07, 6.45) is 4.12. The largest absolute Gasteiger partial charge is 0.444 e. The maximum absolute atomic E-state index is 11.5. The molecule has 0 aliphatic heterocycles. The van der Waals surface area contributed by atoms with Crippen molar-refractivity contribution in [3.63, 3.8) is 0 Å². The third-order valence-corrected chi connectivity index (χ3v) is 2.78. The monoisotopic (exact) mass is 229 g/mol. The zero-order chi connectivity index (χ0) is 12.2. The summed E-state index contributed by atoms with van der Waals surface area (Å²) in [5.74, 6) is 0.659. The predicted molar refractivity (Wildman–Crippen MR) is 62.2 cm³/mol. The Hall–Kier alpha value is -0.770. The van der Waals surface area contributed by atoms with Crippen molar-refractivity contribution in [1.29, 1.82) is 0 Å². The van der Waals surface area contributed by atoms with Crippen molar-refractivity contribution in [3.05, 3.63) is 0 Å². The fourth-order valence-corrected chi connectivity index (χ4v) is 1.78. The van der Waals surface area contributed by atoms with Crippen molar-refractivity contribution in [1.82, 2.24) is 5.32 Å². The van der Waals surface area contributed by atoms with Gasteiger partial charge in [0.2, 0.25) is 0 Å². The van der Waals surface area contributed by atoms with Crippen LogP contribution in [-0.4, -0.2) is 29.4 Å². The summed E-state index contributed by atoms with van der Waals surface area (Å²) in [6, 6.07) is -0.167. The van der Waals surface area contributed by atoms with Crippen molar-refractivity contribution < 1.29 is 14.6 Å². The van der Waals surface area contributed by atoms with E-state index in [0.717, 1.165) is 6.42 Å². The van der Waals surface area contributed by atoms with E-state index in [2.05, 4.69) is 5.32 Å². The number of aliphatic hydroxyl groups excluding tert-OH is 1. The molecule has 0 aromatic heterocycles. The maximum Gasteiger partial charge on any atom is 0.407 e. The molecule has 1 rings (SSSR count). The molecule has 0 heterocycles. The van der Waals surface area contributed by atoms with Crippen LogP contribution in [0.25, 0.3) is 0 Å². The highest BCUT2D eigenvalue weighted by atomic mass is 16.6. The Bertz CT molecular complexity index is 231. The number of ether oxygens (including phenoxy) is 1. The van der Waals surface area contributed by atoms with Crippen molar-refractivity contribution in [2.75, 3.05) is 6.61 Å². The van der Waals surface area contributed by atoms with E-state index in [4.69, 9.17) is 4.74 Å². The number of amides is 1. The van der Waals surface area contributed by atoms with Gasteiger partial charge in [-0.05, 0) is 33.1 Å². The number of hydrogen-bond acceptors (Lipinski definition) is 3. The van der Waals surface area contributed by atoms with E-state index in [1.807, 2.05) is 20.8 Å². The highest BCUT2D eigenvalue weighted by molar-refractivity contribution is 5.68. The third kappa shape index (κ3) is 4.84. The number of aliphatic hydroxyl groups is 1. The van der Waals surface area contributed by atoms with Crippen LogP contribution in [0, 0.1) is 5.92 Å². The van der Waals surface area contributed by atoms with Gasteiger partial charge in [-0.1, -0.05) is 19.3 Å². The molecule has 0 aromatic carbocycles. The quantitative estimate of drug-likeness (QED) is 0.775. The first-order valence-electron chi connectivity index (χ1n) is 6.01. The van der Waals surface area contributed by atoms with Gasteiger partial charge in [0.1, 0.15) is 5.60 Å². The molecule has 16 heavy (non-hydrogen) atoms. The fourth-order valence-electron chi connectivity index (χ4n) is 1.78. The van der Waals surface area contributed by atoms with Crippen LogP contribution < -0.4 is 5.32 Å². The summed E-state index contributed by atoms with van der Waals surface area (Å²) < 4.78 is 5.14. The first kappa shape index (κ1) is 13.3. The van der Waals surface area contributed by atoms with Crippen LogP contribution in [0.15, 0.2) is 0 Å². The van der Waals surface area contributed by atoms with E-state index < -0.39 is 11.7 Å². The van der Waals surface area contributed by atoms with Crippen molar-refractivity contribution in [2.45, 2.75) is 58.1 Å². The highest BCUT2D eigenvalue weighted by Crippen LogP contribution is 2.30. The molecule has 0 aromatic rings. The second-order valence-corrected chi connectivity index (χ2v) is 5.56. The van der Waals surface area contributed by atoms with Crippen LogP contribution in [0.1, 0.15) is 46.5 Å². The summed E-state index contributed by atoms with van der Waals surface area (Å²) in [7, 11) is 0. The molecule has 94 valence electrons. The summed E-state index contributed by atoms with van der Waals surface area (Å²) in [4.78, 5) is 11.5. The lowest BCUT2D eigenvalue weighted by molar-refractivity contribution is 0.0464. The van der Waals surface area contributed by atoms with Crippen LogP contribution >= 0.6 is 0 Å². The van der Waals surface area contributed by atoms with Crippen molar-refractivity contribution in [2.24, 2.45) is 5.92 Å². The lowest BCUT2D eigenvalue weighted by Crippen LogP contribution is -2.42. The molecule has 0 spiro atoms. The van der Waals surface area contributed by atoms with Gasteiger partial charge in [0.15, 0.2) is 0 Å². The summed E-state index contributed by atoms with van der Waals surface area (Å²) in [6.45, 7) is 5.46. The first-order valence-corrected chi connectivity index (χ1v) is 6.01. The number of rotatable bonds is 4. The lowest BCUT2D eigenvalue weighted by Gasteiger charge is -2.30. The van der Waals surface area contributed by atoms with E-state index in [-0.39, 0.29) is 12.6 Å². The van der Waals surface area contributed by atoms with Gasteiger partial charge in [-0.15, -0.1) is 0 Å². The van der Waals surface area contributed by atoms with Gasteiger partial charge in [0.25, 0.3) is 0 Å². The minimum absolute atomic E-state index is 0.0181. The van der Waals surface area contributed by atoms with E-state index in [9.17, 15) is 9.90 Å². The number of hydrogen-bond donors (Lipinski definition) is 2. The number of alkyl carbamates (subject to hydrolysis) is 1. The van der Waals surface area contributed by atoms with Gasteiger partial charge < -0.3 is 15.2 Å².